The van der Waals surface area contributed by atoms with Gasteiger partial charge in [0.15, 0.2) is 0 Å². The van der Waals surface area contributed by atoms with Crippen LogP contribution in [0, 0.1) is 0 Å². The summed E-state index contributed by atoms with van der Waals surface area (Å²) in [6.07, 6.45) is 7.09. The molecule has 0 bridgehead atoms. The Morgan fingerprint density at radius 1 is 1.16 bits per heavy atom. The quantitative estimate of drug-likeness (QED) is 0.831. The van der Waals surface area contributed by atoms with E-state index >= 15 is 0 Å². The number of hydrogen-bond donors (Lipinski definition) is 2. The lowest BCUT2D eigenvalue weighted by Gasteiger charge is -2.48. The number of benzene rings is 1. The highest BCUT2D eigenvalue weighted by Crippen LogP contribution is 2.33. The maximum absolute atomic E-state index is 12.4. The Kier molecular flexibility index (Phi) is 6.32. The molecule has 5 nitrogen and oxygen atoms in total. The van der Waals surface area contributed by atoms with Crippen LogP contribution in [0.4, 0.5) is 0 Å². The SMILES string of the molecule is O=C(CCc1ccccc1O)NCC1(N2CCOCC2)CCCCC1. The van der Waals surface area contributed by atoms with Crippen LogP contribution in [0.15, 0.2) is 24.3 Å². The van der Waals surface area contributed by atoms with Crippen LogP contribution >= 0.6 is 0 Å². The first kappa shape index (κ1) is 18.2. The van der Waals surface area contributed by atoms with Crippen LogP contribution in [0.25, 0.3) is 0 Å². The third-order valence-corrected chi connectivity index (χ3v) is 5.69. The topological polar surface area (TPSA) is 61.8 Å². The maximum Gasteiger partial charge on any atom is 0.220 e. The Morgan fingerprint density at radius 3 is 2.60 bits per heavy atom. The fraction of sp³-hybridized carbons (Fsp3) is 0.650. The van der Waals surface area contributed by atoms with Gasteiger partial charge in [0.1, 0.15) is 5.75 Å². The third-order valence-electron chi connectivity index (χ3n) is 5.69. The summed E-state index contributed by atoms with van der Waals surface area (Å²) in [6, 6.07) is 7.23. The molecular weight excluding hydrogens is 316 g/mol. The van der Waals surface area contributed by atoms with E-state index in [1.165, 1.54) is 19.3 Å². The van der Waals surface area contributed by atoms with Crippen LogP contribution in [0.5, 0.6) is 5.75 Å². The Balaban J connectivity index is 1.53. The number of aromatic hydroxyl groups is 1. The fourth-order valence-corrected chi connectivity index (χ4v) is 4.17. The number of amides is 1. The first-order valence-electron chi connectivity index (χ1n) is 9.56. The van der Waals surface area contributed by atoms with E-state index in [-0.39, 0.29) is 17.2 Å². The number of ether oxygens (including phenoxy) is 1. The van der Waals surface area contributed by atoms with Gasteiger partial charge in [-0.25, -0.2) is 0 Å². The van der Waals surface area contributed by atoms with Crippen LogP contribution < -0.4 is 5.32 Å². The minimum Gasteiger partial charge on any atom is -0.508 e. The Hall–Kier alpha value is -1.59. The Labute approximate surface area is 150 Å². The lowest BCUT2D eigenvalue weighted by molar-refractivity contribution is -0.122. The molecule has 25 heavy (non-hydrogen) atoms. The molecule has 138 valence electrons. The molecule has 1 aliphatic carbocycles. The standard InChI is InChI=1S/C20H30N2O3/c23-18-7-3-2-6-17(18)8-9-19(24)21-16-20(10-4-1-5-11-20)22-12-14-25-15-13-22/h2-3,6-7,23H,1,4-5,8-16H2,(H,21,24). The first-order valence-corrected chi connectivity index (χ1v) is 9.56. The summed E-state index contributed by atoms with van der Waals surface area (Å²) >= 11 is 0. The summed E-state index contributed by atoms with van der Waals surface area (Å²) in [5, 5.41) is 13.0. The summed E-state index contributed by atoms with van der Waals surface area (Å²) in [5.41, 5.74) is 0.935. The average Bonchev–Trinajstić information content (AvgIpc) is 2.67. The molecule has 1 aromatic carbocycles. The van der Waals surface area contributed by atoms with E-state index in [2.05, 4.69) is 10.2 Å². The molecule has 5 heteroatoms. The second kappa shape index (κ2) is 8.68. The van der Waals surface area contributed by atoms with Crippen molar-refractivity contribution in [1.82, 2.24) is 10.2 Å². The molecule has 0 spiro atoms. The summed E-state index contributed by atoms with van der Waals surface area (Å²) in [7, 11) is 0. The van der Waals surface area contributed by atoms with E-state index in [1.54, 1.807) is 12.1 Å². The first-order chi connectivity index (χ1) is 12.2. The molecule has 2 fully saturated rings. The molecule has 1 heterocycles. The van der Waals surface area contributed by atoms with Crippen LogP contribution in [0.2, 0.25) is 0 Å². The van der Waals surface area contributed by atoms with E-state index < -0.39 is 0 Å². The van der Waals surface area contributed by atoms with Gasteiger partial charge in [-0.15, -0.1) is 0 Å². The predicted octanol–water partition coefficient (Wildman–Crippen LogP) is 2.48. The van der Waals surface area contributed by atoms with Gasteiger partial charge in [-0.1, -0.05) is 37.5 Å². The molecule has 1 saturated heterocycles. The lowest BCUT2D eigenvalue weighted by Crippen LogP contribution is -2.59. The number of para-hydroxylation sites is 1. The monoisotopic (exact) mass is 346 g/mol. The highest BCUT2D eigenvalue weighted by atomic mass is 16.5. The minimum absolute atomic E-state index is 0.0708. The van der Waals surface area contributed by atoms with Crippen molar-refractivity contribution < 1.29 is 14.6 Å². The van der Waals surface area contributed by atoms with Gasteiger partial charge in [-0.2, -0.15) is 0 Å². The number of nitrogens with zero attached hydrogens (tertiary/aromatic N) is 1. The Bertz CT molecular complexity index is 564. The van der Waals surface area contributed by atoms with Crippen molar-refractivity contribution in [1.29, 1.82) is 0 Å². The highest BCUT2D eigenvalue weighted by molar-refractivity contribution is 5.76. The number of carbonyl (C=O) groups is 1. The normalized spacial score (nSPS) is 21.0. The number of phenolic OH excluding ortho intramolecular Hbond substituents is 1. The molecule has 2 aliphatic rings. The van der Waals surface area contributed by atoms with Gasteiger partial charge >= 0.3 is 0 Å². The number of carbonyl (C=O) groups excluding carboxylic acids is 1. The van der Waals surface area contributed by atoms with Crippen molar-refractivity contribution in [2.45, 2.75) is 50.5 Å². The van der Waals surface area contributed by atoms with Gasteiger partial charge in [-0.05, 0) is 30.9 Å². The Morgan fingerprint density at radius 2 is 1.88 bits per heavy atom. The molecule has 0 aromatic heterocycles. The van der Waals surface area contributed by atoms with Crippen molar-refractivity contribution in [3.05, 3.63) is 29.8 Å². The number of hydrogen-bond acceptors (Lipinski definition) is 4. The summed E-state index contributed by atoms with van der Waals surface area (Å²) < 4.78 is 5.51. The molecule has 0 radical (unpaired) electrons. The van der Waals surface area contributed by atoms with Crippen LogP contribution in [-0.2, 0) is 16.0 Å². The fourth-order valence-electron chi connectivity index (χ4n) is 4.17. The lowest BCUT2D eigenvalue weighted by atomic mass is 9.79. The smallest absolute Gasteiger partial charge is 0.220 e. The zero-order chi connectivity index (χ0) is 17.5. The van der Waals surface area contributed by atoms with Crippen molar-refractivity contribution in [2.24, 2.45) is 0 Å². The largest absolute Gasteiger partial charge is 0.508 e. The van der Waals surface area contributed by atoms with Gasteiger partial charge in [0.25, 0.3) is 0 Å². The van der Waals surface area contributed by atoms with Crippen LogP contribution in [0.3, 0.4) is 0 Å². The van der Waals surface area contributed by atoms with Crippen molar-refractivity contribution >= 4 is 5.91 Å². The second-order valence-electron chi connectivity index (χ2n) is 7.29. The average molecular weight is 346 g/mol. The van der Waals surface area contributed by atoms with Crippen molar-refractivity contribution in [3.63, 3.8) is 0 Å². The summed E-state index contributed by atoms with van der Waals surface area (Å²) in [4.78, 5) is 14.9. The molecule has 0 unspecified atom stereocenters. The molecule has 1 aromatic rings. The molecule has 2 N–H and O–H groups in total. The highest BCUT2D eigenvalue weighted by Gasteiger charge is 2.38. The second-order valence-corrected chi connectivity index (χ2v) is 7.29. The van der Waals surface area contributed by atoms with Crippen molar-refractivity contribution in [3.8, 4) is 5.75 Å². The number of morpholine rings is 1. The van der Waals surface area contributed by atoms with Crippen LogP contribution in [0.1, 0.15) is 44.1 Å². The van der Waals surface area contributed by atoms with Gasteiger partial charge in [-0.3, -0.25) is 9.69 Å². The predicted molar refractivity (Wildman–Crippen MR) is 97.6 cm³/mol. The van der Waals surface area contributed by atoms with E-state index in [0.29, 0.717) is 12.8 Å². The van der Waals surface area contributed by atoms with Gasteiger partial charge < -0.3 is 15.2 Å². The van der Waals surface area contributed by atoms with E-state index in [1.807, 2.05) is 12.1 Å². The molecule has 1 saturated carbocycles. The molecular formula is C20H30N2O3. The minimum atomic E-state index is 0.0708. The molecule has 3 rings (SSSR count). The zero-order valence-electron chi connectivity index (χ0n) is 15.0. The maximum atomic E-state index is 12.4. The third kappa shape index (κ3) is 4.73. The molecule has 1 amide bonds. The number of nitrogens with one attached hydrogen (secondary N) is 1. The van der Waals surface area contributed by atoms with Crippen molar-refractivity contribution in [2.75, 3.05) is 32.8 Å². The molecule has 0 atom stereocenters. The molecule has 1 aliphatic heterocycles. The van der Waals surface area contributed by atoms with E-state index in [4.69, 9.17) is 4.74 Å². The number of aryl methyl sites for hydroxylation is 1. The number of rotatable bonds is 6. The van der Waals surface area contributed by atoms with E-state index in [9.17, 15) is 9.90 Å². The van der Waals surface area contributed by atoms with Crippen LogP contribution in [-0.4, -0.2) is 54.3 Å². The summed E-state index contributed by atoms with van der Waals surface area (Å²) in [6.45, 7) is 4.25. The van der Waals surface area contributed by atoms with Gasteiger partial charge in [0, 0.05) is 31.6 Å². The van der Waals surface area contributed by atoms with Gasteiger partial charge in [0.05, 0.1) is 13.2 Å². The summed E-state index contributed by atoms with van der Waals surface area (Å²) in [5.74, 6) is 0.342. The number of phenols is 1. The van der Waals surface area contributed by atoms with E-state index in [0.717, 1.165) is 51.3 Å². The zero-order valence-corrected chi connectivity index (χ0v) is 15.0. The van der Waals surface area contributed by atoms with Gasteiger partial charge in [0.2, 0.25) is 5.91 Å².